The van der Waals surface area contributed by atoms with E-state index in [0.717, 1.165) is 0 Å². The van der Waals surface area contributed by atoms with Crippen LogP contribution >= 0.6 is 0 Å². The van der Waals surface area contributed by atoms with E-state index < -0.39 is 22.6 Å². The number of nitro groups is 1. The van der Waals surface area contributed by atoms with Crippen molar-refractivity contribution < 1.29 is 24.0 Å². The first-order chi connectivity index (χ1) is 12.0. The highest BCUT2D eigenvalue weighted by atomic mass is 16.6. The zero-order valence-corrected chi connectivity index (χ0v) is 13.8. The van der Waals surface area contributed by atoms with Crippen molar-refractivity contribution >= 4 is 17.4 Å². The zero-order valence-electron chi connectivity index (χ0n) is 13.8. The van der Waals surface area contributed by atoms with E-state index in [4.69, 9.17) is 9.47 Å². The van der Waals surface area contributed by atoms with Gasteiger partial charge in [-0.2, -0.15) is 0 Å². The second-order valence-corrected chi connectivity index (χ2v) is 5.13. The van der Waals surface area contributed by atoms with Crippen molar-refractivity contribution in [1.29, 1.82) is 0 Å². The molecule has 0 aliphatic heterocycles. The van der Waals surface area contributed by atoms with Crippen molar-refractivity contribution in [3.05, 3.63) is 69.8 Å². The minimum Gasteiger partial charge on any atom is -0.497 e. The number of carbonyl (C=O) groups is 2. The molecule has 0 bridgehead atoms. The predicted octanol–water partition coefficient (Wildman–Crippen LogP) is 3.13. The Morgan fingerprint density at radius 3 is 2.16 bits per heavy atom. The molecule has 1 atom stereocenters. The van der Waals surface area contributed by atoms with Gasteiger partial charge in [0.25, 0.3) is 5.69 Å². The predicted molar refractivity (Wildman–Crippen MR) is 89.8 cm³/mol. The van der Waals surface area contributed by atoms with Gasteiger partial charge < -0.3 is 9.47 Å². The minimum absolute atomic E-state index is 0.122. The van der Waals surface area contributed by atoms with Crippen molar-refractivity contribution in [2.75, 3.05) is 13.7 Å². The van der Waals surface area contributed by atoms with E-state index in [9.17, 15) is 19.7 Å². The quantitative estimate of drug-likeness (QED) is 0.252. The highest BCUT2D eigenvalue weighted by Gasteiger charge is 2.31. The molecule has 0 saturated carbocycles. The van der Waals surface area contributed by atoms with Gasteiger partial charge in [0.15, 0.2) is 5.78 Å². The fourth-order valence-electron chi connectivity index (χ4n) is 2.33. The maximum atomic E-state index is 12.8. The Kier molecular flexibility index (Phi) is 5.84. The standard InChI is InChI=1S/C18H17NO6/c1-3-25-18(21)16(12-4-8-14(9-5-12)19(22)23)17(20)13-6-10-15(24-2)11-7-13/h4-11,16H,3H2,1-2H3. The van der Waals surface area contributed by atoms with Gasteiger partial charge in [-0.15, -0.1) is 0 Å². The normalized spacial score (nSPS) is 11.4. The third kappa shape index (κ3) is 4.20. The van der Waals surface area contributed by atoms with Crippen molar-refractivity contribution in [2.45, 2.75) is 12.8 Å². The molecule has 0 heterocycles. The zero-order chi connectivity index (χ0) is 18.4. The molecule has 0 aliphatic rings. The molecule has 2 aromatic carbocycles. The van der Waals surface area contributed by atoms with E-state index in [2.05, 4.69) is 0 Å². The van der Waals surface area contributed by atoms with Gasteiger partial charge in [0.1, 0.15) is 11.7 Å². The van der Waals surface area contributed by atoms with Crippen molar-refractivity contribution in [3.8, 4) is 5.75 Å². The van der Waals surface area contributed by atoms with Crippen molar-refractivity contribution in [2.24, 2.45) is 0 Å². The van der Waals surface area contributed by atoms with E-state index in [1.807, 2.05) is 0 Å². The Morgan fingerprint density at radius 1 is 1.08 bits per heavy atom. The summed E-state index contributed by atoms with van der Waals surface area (Å²) in [4.78, 5) is 35.3. The van der Waals surface area contributed by atoms with Gasteiger partial charge in [0, 0.05) is 17.7 Å². The summed E-state index contributed by atoms with van der Waals surface area (Å²) in [6.45, 7) is 1.76. The number of carbonyl (C=O) groups excluding carboxylic acids is 2. The van der Waals surface area contributed by atoms with Crippen LogP contribution in [0.5, 0.6) is 5.75 Å². The third-order valence-corrected chi connectivity index (χ3v) is 3.60. The highest BCUT2D eigenvalue weighted by Crippen LogP contribution is 2.26. The van der Waals surface area contributed by atoms with Crippen LogP contribution in [0.4, 0.5) is 5.69 Å². The van der Waals surface area contributed by atoms with Crippen LogP contribution in [0, 0.1) is 10.1 Å². The van der Waals surface area contributed by atoms with E-state index in [-0.39, 0.29) is 12.3 Å². The van der Waals surface area contributed by atoms with E-state index in [1.165, 1.54) is 31.4 Å². The van der Waals surface area contributed by atoms with Gasteiger partial charge in [0.2, 0.25) is 0 Å². The van der Waals surface area contributed by atoms with E-state index in [1.54, 1.807) is 31.2 Å². The molecule has 0 amide bonds. The van der Waals surface area contributed by atoms with Gasteiger partial charge in [-0.25, -0.2) is 0 Å². The molecule has 7 heteroatoms. The number of ether oxygens (including phenoxy) is 2. The molecular formula is C18H17NO6. The lowest BCUT2D eigenvalue weighted by Crippen LogP contribution is -2.24. The van der Waals surface area contributed by atoms with Crippen LogP contribution in [-0.2, 0) is 9.53 Å². The number of hydrogen-bond acceptors (Lipinski definition) is 6. The number of methoxy groups -OCH3 is 1. The summed E-state index contributed by atoms with van der Waals surface area (Å²) in [7, 11) is 1.51. The number of esters is 1. The van der Waals surface area contributed by atoms with Gasteiger partial charge in [-0.1, -0.05) is 12.1 Å². The average molecular weight is 343 g/mol. The molecular weight excluding hydrogens is 326 g/mol. The molecule has 2 rings (SSSR count). The fourth-order valence-corrected chi connectivity index (χ4v) is 2.33. The Morgan fingerprint density at radius 2 is 1.68 bits per heavy atom. The summed E-state index contributed by atoms with van der Waals surface area (Å²) < 4.78 is 10.1. The van der Waals surface area contributed by atoms with E-state index >= 15 is 0 Å². The monoisotopic (exact) mass is 343 g/mol. The molecule has 25 heavy (non-hydrogen) atoms. The molecule has 0 spiro atoms. The molecule has 0 N–H and O–H groups in total. The van der Waals surface area contributed by atoms with Crippen molar-refractivity contribution in [3.63, 3.8) is 0 Å². The SMILES string of the molecule is CCOC(=O)C(C(=O)c1ccc(OC)cc1)c1ccc([N+](=O)[O-])cc1. The Labute approximate surface area is 144 Å². The molecule has 1 unspecified atom stereocenters. The summed E-state index contributed by atoms with van der Waals surface area (Å²) in [5.41, 5.74) is 0.533. The maximum absolute atomic E-state index is 12.8. The summed E-state index contributed by atoms with van der Waals surface area (Å²) in [5.74, 6) is -1.75. The summed E-state index contributed by atoms with van der Waals surface area (Å²) in [6, 6.07) is 11.6. The van der Waals surface area contributed by atoms with Crippen LogP contribution in [0.1, 0.15) is 28.8 Å². The molecule has 130 valence electrons. The molecule has 0 aliphatic carbocycles. The molecule has 0 aromatic heterocycles. The first-order valence-corrected chi connectivity index (χ1v) is 7.57. The number of nitro benzene ring substituents is 1. The molecule has 0 fully saturated rings. The van der Waals surface area contributed by atoms with Crippen LogP contribution in [0.15, 0.2) is 48.5 Å². The lowest BCUT2D eigenvalue weighted by Gasteiger charge is -2.15. The van der Waals surface area contributed by atoms with Gasteiger partial charge in [0.05, 0.1) is 18.6 Å². The maximum Gasteiger partial charge on any atom is 0.321 e. The summed E-state index contributed by atoms with van der Waals surface area (Å²) in [5, 5.41) is 10.8. The molecule has 2 aromatic rings. The van der Waals surface area contributed by atoms with Crippen LogP contribution in [0.2, 0.25) is 0 Å². The molecule has 0 saturated heterocycles. The van der Waals surface area contributed by atoms with Gasteiger partial charge >= 0.3 is 5.97 Å². The number of Topliss-reactive ketones (excluding diaryl/α,β-unsaturated/α-hetero) is 1. The van der Waals surface area contributed by atoms with Gasteiger partial charge in [-0.3, -0.25) is 19.7 Å². The lowest BCUT2D eigenvalue weighted by atomic mass is 9.90. The number of hydrogen-bond donors (Lipinski definition) is 0. The third-order valence-electron chi connectivity index (χ3n) is 3.60. The second-order valence-electron chi connectivity index (χ2n) is 5.13. The Hall–Kier alpha value is -3.22. The first kappa shape index (κ1) is 18.1. The summed E-state index contributed by atoms with van der Waals surface area (Å²) in [6.07, 6.45) is 0. The topological polar surface area (TPSA) is 95.7 Å². The highest BCUT2D eigenvalue weighted by molar-refractivity contribution is 6.13. The smallest absolute Gasteiger partial charge is 0.321 e. The fraction of sp³-hybridized carbons (Fsp3) is 0.222. The first-order valence-electron chi connectivity index (χ1n) is 7.57. The van der Waals surface area contributed by atoms with Crippen LogP contribution < -0.4 is 4.74 Å². The number of rotatable bonds is 7. The number of nitrogens with zero attached hydrogens (tertiary/aromatic N) is 1. The lowest BCUT2D eigenvalue weighted by molar-refractivity contribution is -0.384. The Balaban J connectivity index is 2.38. The van der Waals surface area contributed by atoms with Crippen LogP contribution in [0.3, 0.4) is 0 Å². The van der Waals surface area contributed by atoms with Crippen molar-refractivity contribution in [1.82, 2.24) is 0 Å². The number of ketones is 1. The summed E-state index contributed by atoms with van der Waals surface area (Å²) >= 11 is 0. The van der Waals surface area contributed by atoms with Gasteiger partial charge in [-0.05, 0) is 36.8 Å². The molecule has 7 nitrogen and oxygen atoms in total. The van der Waals surface area contributed by atoms with E-state index in [0.29, 0.717) is 16.9 Å². The number of benzene rings is 2. The largest absolute Gasteiger partial charge is 0.497 e. The van der Waals surface area contributed by atoms with Crippen LogP contribution in [-0.4, -0.2) is 30.4 Å². The minimum atomic E-state index is -1.19. The second kappa shape index (κ2) is 8.05. The van der Waals surface area contributed by atoms with Crippen LogP contribution in [0.25, 0.3) is 0 Å². The number of non-ortho nitro benzene ring substituents is 1. The molecule has 0 radical (unpaired) electrons. The Bertz CT molecular complexity index is 767. The average Bonchev–Trinajstić information content (AvgIpc) is 2.62.